The van der Waals surface area contributed by atoms with Crippen LogP contribution in [0.4, 0.5) is 5.69 Å². The van der Waals surface area contributed by atoms with Gasteiger partial charge in [0.15, 0.2) is 0 Å². The molecule has 1 aromatic rings. The highest BCUT2D eigenvalue weighted by atomic mass is 35.5. The van der Waals surface area contributed by atoms with Gasteiger partial charge in [0.25, 0.3) is 11.6 Å². The molecule has 1 rings (SSSR count). The zero-order chi connectivity index (χ0) is 14.6. The van der Waals surface area contributed by atoms with E-state index in [9.17, 15) is 14.9 Å². The molecule has 7 heteroatoms. The van der Waals surface area contributed by atoms with E-state index < -0.39 is 4.92 Å². The molecule has 0 aliphatic rings. The van der Waals surface area contributed by atoms with Crippen molar-refractivity contribution < 1.29 is 9.72 Å². The summed E-state index contributed by atoms with van der Waals surface area (Å²) in [6.45, 7) is 1.94. The topological polar surface area (TPSA) is 63.5 Å². The van der Waals surface area contributed by atoms with Crippen LogP contribution in [0.15, 0.2) is 18.2 Å². The fourth-order valence-corrected chi connectivity index (χ4v) is 2.50. The van der Waals surface area contributed by atoms with Crippen molar-refractivity contribution in [3.05, 3.63) is 38.9 Å². The van der Waals surface area contributed by atoms with E-state index in [2.05, 4.69) is 0 Å². The summed E-state index contributed by atoms with van der Waals surface area (Å²) in [5.41, 5.74) is 0.157. The second-order valence-electron chi connectivity index (χ2n) is 4.14. The highest BCUT2D eigenvalue weighted by Crippen LogP contribution is 2.24. The van der Waals surface area contributed by atoms with E-state index in [1.165, 1.54) is 18.2 Å². The molecule has 0 fully saturated rings. The highest BCUT2D eigenvalue weighted by molar-refractivity contribution is 7.98. The van der Waals surface area contributed by atoms with Crippen molar-refractivity contribution in [3.63, 3.8) is 0 Å². The second-order valence-corrected chi connectivity index (χ2v) is 5.46. The Bertz CT molecular complexity index is 496. The number of carbonyl (C=O) groups excluding carboxylic acids is 1. The number of nitrogens with zero attached hydrogens (tertiary/aromatic N) is 2. The normalized spacial score (nSPS) is 12.0. The van der Waals surface area contributed by atoms with Gasteiger partial charge in [-0.15, -0.1) is 0 Å². The Labute approximate surface area is 121 Å². The van der Waals surface area contributed by atoms with Crippen molar-refractivity contribution in [1.29, 1.82) is 0 Å². The predicted molar refractivity (Wildman–Crippen MR) is 78.0 cm³/mol. The number of nitro groups is 1. The second kappa shape index (κ2) is 6.77. The number of halogens is 1. The minimum absolute atomic E-state index is 0.0637. The molecule has 1 atom stereocenters. The van der Waals surface area contributed by atoms with Gasteiger partial charge in [-0.05, 0) is 19.2 Å². The molecule has 5 nitrogen and oxygen atoms in total. The number of nitro benzene ring substituents is 1. The summed E-state index contributed by atoms with van der Waals surface area (Å²) in [4.78, 5) is 23.9. The quantitative estimate of drug-likeness (QED) is 0.619. The lowest BCUT2D eigenvalue weighted by Gasteiger charge is -2.24. The van der Waals surface area contributed by atoms with E-state index in [0.717, 1.165) is 5.75 Å². The fourth-order valence-electron chi connectivity index (χ4n) is 1.53. The third-order valence-electron chi connectivity index (χ3n) is 2.78. The summed E-state index contributed by atoms with van der Waals surface area (Å²) in [5, 5.41) is 10.7. The molecule has 0 heterocycles. The summed E-state index contributed by atoms with van der Waals surface area (Å²) in [6.07, 6.45) is 1.97. The van der Waals surface area contributed by atoms with E-state index in [1.54, 1.807) is 23.7 Å². The summed E-state index contributed by atoms with van der Waals surface area (Å²) in [5.74, 6) is 0.578. The van der Waals surface area contributed by atoms with Crippen LogP contribution in [0.3, 0.4) is 0 Å². The Hall–Kier alpha value is -1.27. The molecule has 0 aromatic heterocycles. The van der Waals surface area contributed by atoms with Crippen molar-refractivity contribution in [2.45, 2.75) is 13.0 Å². The van der Waals surface area contributed by atoms with Gasteiger partial charge in [0.2, 0.25) is 0 Å². The SMILES string of the molecule is CSCC(C)N(C)C(=O)c1ccc([N+](=O)[O-])cc1Cl. The molecule has 0 N–H and O–H groups in total. The van der Waals surface area contributed by atoms with E-state index in [0.29, 0.717) is 0 Å². The first kappa shape index (κ1) is 15.8. The van der Waals surface area contributed by atoms with Crippen molar-refractivity contribution in [3.8, 4) is 0 Å². The van der Waals surface area contributed by atoms with Gasteiger partial charge in [-0.1, -0.05) is 11.6 Å². The molecule has 1 amide bonds. The highest BCUT2D eigenvalue weighted by Gasteiger charge is 2.21. The number of rotatable bonds is 5. The van der Waals surface area contributed by atoms with Crippen LogP contribution in [-0.2, 0) is 0 Å². The molecule has 19 heavy (non-hydrogen) atoms. The van der Waals surface area contributed by atoms with Gasteiger partial charge < -0.3 is 4.90 Å². The number of amides is 1. The molecule has 0 aliphatic carbocycles. The third kappa shape index (κ3) is 3.84. The number of carbonyl (C=O) groups is 1. The molecule has 0 bridgehead atoms. The Kier molecular flexibility index (Phi) is 5.62. The molecule has 104 valence electrons. The average Bonchev–Trinajstić information content (AvgIpc) is 2.37. The molecule has 0 saturated heterocycles. The Morgan fingerprint density at radius 3 is 2.68 bits per heavy atom. The van der Waals surface area contributed by atoms with Crippen LogP contribution in [0.25, 0.3) is 0 Å². The summed E-state index contributed by atoms with van der Waals surface area (Å²) < 4.78 is 0. The maximum atomic E-state index is 12.2. The largest absolute Gasteiger partial charge is 0.338 e. The average molecular weight is 303 g/mol. The number of hydrogen-bond donors (Lipinski definition) is 0. The van der Waals surface area contributed by atoms with Gasteiger partial charge in [0.05, 0.1) is 15.5 Å². The van der Waals surface area contributed by atoms with Crippen LogP contribution in [0.1, 0.15) is 17.3 Å². The van der Waals surface area contributed by atoms with Crippen molar-refractivity contribution in [2.24, 2.45) is 0 Å². The van der Waals surface area contributed by atoms with Crippen molar-refractivity contribution in [2.75, 3.05) is 19.1 Å². The molecule has 0 saturated carbocycles. The van der Waals surface area contributed by atoms with Crippen LogP contribution >= 0.6 is 23.4 Å². The van der Waals surface area contributed by atoms with Crippen LogP contribution in [0.2, 0.25) is 5.02 Å². The van der Waals surface area contributed by atoms with Gasteiger partial charge in [0, 0.05) is 31.0 Å². The molecule has 1 unspecified atom stereocenters. The van der Waals surface area contributed by atoms with Gasteiger partial charge in [-0.25, -0.2) is 0 Å². The van der Waals surface area contributed by atoms with E-state index >= 15 is 0 Å². The first-order valence-electron chi connectivity index (χ1n) is 5.58. The minimum Gasteiger partial charge on any atom is -0.338 e. The third-order valence-corrected chi connectivity index (χ3v) is 3.91. The number of non-ortho nitro benzene ring substituents is 1. The number of thioether (sulfide) groups is 1. The van der Waals surface area contributed by atoms with Crippen LogP contribution < -0.4 is 0 Å². The maximum Gasteiger partial charge on any atom is 0.270 e. The lowest BCUT2D eigenvalue weighted by Crippen LogP contribution is -2.36. The van der Waals surface area contributed by atoms with Gasteiger partial charge in [-0.2, -0.15) is 11.8 Å². The van der Waals surface area contributed by atoms with Gasteiger partial charge in [-0.3, -0.25) is 14.9 Å². The first-order valence-corrected chi connectivity index (χ1v) is 7.35. The monoisotopic (exact) mass is 302 g/mol. The Morgan fingerprint density at radius 1 is 1.58 bits per heavy atom. The molecule has 1 aromatic carbocycles. The fraction of sp³-hybridized carbons (Fsp3) is 0.417. The lowest BCUT2D eigenvalue weighted by molar-refractivity contribution is -0.384. The van der Waals surface area contributed by atoms with Crippen molar-refractivity contribution in [1.82, 2.24) is 4.90 Å². The number of benzene rings is 1. The molecule has 0 aliphatic heterocycles. The van der Waals surface area contributed by atoms with Gasteiger partial charge in [0.1, 0.15) is 0 Å². The molecule has 0 spiro atoms. The Morgan fingerprint density at radius 2 is 2.21 bits per heavy atom. The summed E-state index contributed by atoms with van der Waals surface area (Å²) in [7, 11) is 1.70. The zero-order valence-corrected chi connectivity index (χ0v) is 12.5. The lowest BCUT2D eigenvalue weighted by atomic mass is 10.1. The maximum absolute atomic E-state index is 12.2. The molecule has 0 radical (unpaired) electrons. The zero-order valence-electron chi connectivity index (χ0n) is 10.9. The molecular formula is C12H15ClN2O3S. The minimum atomic E-state index is -0.541. The van der Waals surface area contributed by atoms with E-state index in [-0.39, 0.29) is 28.2 Å². The van der Waals surface area contributed by atoms with E-state index in [1.807, 2.05) is 13.2 Å². The predicted octanol–water partition coefficient (Wildman–Crippen LogP) is 3.07. The van der Waals surface area contributed by atoms with E-state index in [4.69, 9.17) is 11.6 Å². The van der Waals surface area contributed by atoms with Crippen LogP contribution in [0.5, 0.6) is 0 Å². The smallest absolute Gasteiger partial charge is 0.270 e. The number of hydrogen-bond acceptors (Lipinski definition) is 4. The van der Waals surface area contributed by atoms with Gasteiger partial charge >= 0.3 is 0 Å². The van der Waals surface area contributed by atoms with Crippen LogP contribution in [0, 0.1) is 10.1 Å². The first-order chi connectivity index (χ1) is 8.88. The summed E-state index contributed by atoms with van der Waals surface area (Å²) >= 11 is 7.58. The summed E-state index contributed by atoms with van der Waals surface area (Å²) in [6, 6.07) is 3.94. The Balaban J connectivity index is 2.97. The molecular weight excluding hydrogens is 288 g/mol. The standard InChI is InChI=1S/C12H15ClN2O3S/c1-8(7-19-3)14(2)12(16)10-5-4-9(15(17)18)6-11(10)13/h4-6,8H,7H2,1-3H3. The van der Waals surface area contributed by atoms with Crippen LogP contribution in [-0.4, -0.2) is 40.8 Å². The van der Waals surface area contributed by atoms with Crippen molar-refractivity contribution >= 4 is 35.0 Å².